The number of epoxide rings is 1. The zero-order chi connectivity index (χ0) is 25.2. The van der Waals surface area contributed by atoms with Crippen LogP contribution in [0.5, 0.6) is 5.75 Å². The van der Waals surface area contributed by atoms with E-state index in [2.05, 4.69) is 6.08 Å². The normalized spacial score (nSPS) is 21.5. The number of rotatable bonds is 6. The molecule has 3 nitrogen and oxygen atoms in total. The number of hydrogen-bond donors (Lipinski definition) is 0. The lowest BCUT2D eigenvalue weighted by atomic mass is 9.78. The van der Waals surface area contributed by atoms with E-state index in [0.29, 0.717) is 29.2 Å². The highest BCUT2D eigenvalue weighted by Gasteiger charge is 2.27. The fraction of sp³-hybridized carbons (Fsp3) is 0.300. The standard InChI is InChI=1S/C30H27F3O3/c1-2-3-18-4-6-19(7-5-18)23-14-15-24(29(33)28(23)32)20-8-11-22(12-9-20)36-30(34)25-13-10-21(16-26(25)31)27-17-35-27/h2-3,8-16,18-19,27H,4-7,17H2,1H3/b3-2+. The Hall–Kier alpha value is -3.38. The summed E-state index contributed by atoms with van der Waals surface area (Å²) in [5, 5.41) is 0. The Morgan fingerprint density at radius 1 is 0.944 bits per heavy atom. The molecule has 1 aliphatic heterocycles. The molecule has 0 aromatic heterocycles. The van der Waals surface area contributed by atoms with Gasteiger partial charge in [-0.1, -0.05) is 42.5 Å². The fourth-order valence-corrected chi connectivity index (χ4v) is 5.00. The summed E-state index contributed by atoms with van der Waals surface area (Å²) in [5.74, 6) is -2.50. The summed E-state index contributed by atoms with van der Waals surface area (Å²) in [6.07, 6.45) is 7.74. The Morgan fingerprint density at radius 3 is 2.31 bits per heavy atom. The van der Waals surface area contributed by atoms with Gasteiger partial charge in [-0.15, -0.1) is 0 Å². The van der Waals surface area contributed by atoms with Crippen LogP contribution in [0.3, 0.4) is 0 Å². The van der Waals surface area contributed by atoms with Crippen molar-refractivity contribution in [2.45, 2.75) is 44.6 Å². The minimum atomic E-state index is -0.880. The molecule has 1 aliphatic carbocycles. The highest BCUT2D eigenvalue weighted by atomic mass is 19.2. The van der Waals surface area contributed by atoms with Crippen molar-refractivity contribution >= 4 is 5.97 Å². The van der Waals surface area contributed by atoms with E-state index in [1.54, 1.807) is 30.3 Å². The van der Waals surface area contributed by atoms with Crippen LogP contribution in [-0.4, -0.2) is 12.6 Å². The first-order valence-electron chi connectivity index (χ1n) is 12.3. The van der Waals surface area contributed by atoms with Gasteiger partial charge in [0.25, 0.3) is 0 Å². The van der Waals surface area contributed by atoms with E-state index < -0.39 is 23.4 Å². The molecule has 36 heavy (non-hydrogen) atoms. The fourth-order valence-electron chi connectivity index (χ4n) is 5.00. The zero-order valence-electron chi connectivity index (χ0n) is 20.0. The molecule has 5 rings (SSSR count). The minimum Gasteiger partial charge on any atom is -0.423 e. The number of hydrogen-bond acceptors (Lipinski definition) is 3. The van der Waals surface area contributed by atoms with E-state index in [9.17, 15) is 9.18 Å². The van der Waals surface area contributed by atoms with Crippen LogP contribution < -0.4 is 4.74 Å². The Bertz CT molecular complexity index is 1290. The minimum absolute atomic E-state index is 0.0168. The van der Waals surface area contributed by atoms with Crippen molar-refractivity contribution in [2.24, 2.45) is 5.92 Å². The van der Waals surface area contributed by atoms with Gasteiger partial charge in [-0.25, -0.2) is 18.0 Å². The molecular weight excluding hydrogens is 465 g/mol. The van der Waals surface area contributed by atoms with Gasteiger partial charge in [0.05, 0.1) is 12.2 Å². The molecule has 6 heteroatoms. The lowest BCUT2D eigenvalue weighted by molar-refractivity contribution is 0.0730. The lowest BCUT2D eigenvalue weighted by Gasteiger charge is -2.27. The van der Waals surface area contributed by atoms with Crippen LogP contribution in [0.2, 0.25) is 0 Å². The summed E-state index contributed by atoms with van der Waals surface area (Å²) < 4.78 is 54.8. The van der Waals surface area contributed by atoms with Gasteiger partial charge < -0.3 is 9.47 Å². The van der Waals surface area contributed by atoms with Crippen molar-refractivity contribution < 1.29 is 27.4 Å². The van der Waals surface area contributed by atoms with Gasteiger partial charge in [0.1, 0.15) is 17.7 Å². The summed E-state index contributed by atoms with van der Waals surface area (Å²) in [7, 11) is 0. The third kappa shape index (κ3) is 5.09. The Morgan fingerprint density at radius 2 is 1.67 bits per heavy atom. The monoisotopic (exact) mass is 492 g/mol. The van der Waals surface area contributed by atoms with Crippen LogP contribution in [0.25, 0.3) is 11.1 Å². The summed E-state index contributed by atoms with van der Waals surface area (Å²) in [4.78, 5) is 12.4. The second-order valence-corrected chi connectivity index (χ2v) is 9.44. The van der Waals surface area contributed by atoms with E-state index in [-0.39, 0.29) is 28.9 Å². The van der Waals surface area contributed by atoms with Crippen LogP contribution in [-0.2, 0) is 4.74 Å². The Labute approximate surface area is 208 Å². The van der Waals surface area contributed by atoms with Crippen LogP contribution in [0.1, 0.15) is 66.1 Å². The topological polar surface area (TPSA) is 38.8 Å². The average molecular weight is 493 g/mol. The van der Waals surface area contributed by atoms with Gasteiger partial charge in [0.15, 0.2) is 11.6 Å². The maximum absolute atomic E-state index is 15.0. The average Bonchev–Trinajstić information content (AvgIpc) is 3.73. The van der Waals surface area contributed by atoms with Gasteiger partial charge in [0.2, 0.25) is 0 Å². The number of ether oxygens (including phenoxy) is 2. The van der Waals surface area contributed by atoms with Crippen LogP contribution in [0, 0.1) is 23.4 Å². The van der Waals surface area contributed by atoms with Crippen molar-refractivity contribution in [1.82, 2.24) is 0 Å². The molecule has 1 unspecified atom stereocenters. The maximum Gasteiger partial charge on any atom is 0.346 e. The number of esters is 1. The van der Waals surface area contributed by atoms with E-state index in [1.807, 2.05) is 13.0 Å². The zero-order valence-corrected chi connectivity index (χ0v) is 20.0. The molecule has 0 bridgehead atoms. The molecule has 3 aromatic carbocycles. The molecular formula is C30H27F3O3. The summed E-state index contributed by atoms with van der Waals surface area (Å²) in [5.41, 5.74) is 1.51. The van der Waals surface area contributed by atoms with E-state index in [4.69, 9.17) is 9.47 Å². The Kier molecular flexibility index (Phi) is 6.97. The largest absolute Gasteiger partial charge is 0.423 e. The number of halogens is 3. The molecule has 1 heterocycles. The smallest absolute Gasteiger partial charge is 0.346 e. The molecule has 3 aromatic rings. The van der Waals surface area contributed by atoms with Crippen molar-refractivity contribution in [3.05, 3.63) is 101 Å². The first-order chi connectivity index (χ1) is 17.4. The van der Waals surface area contributed by atoms with Crippen LogP contribution in [0.4, 0.5) is 13.2 Å². The molecule has 1 saturated heterocycles. The quantitative estimate of drug-likeness (QED) is 0.152. The highest BCUT2D eigenvalue weighted by Crippen LogP contribution is 2.39. The Balaban J connectivity index is 1.28. The third-order valence-electron chi connectivity index (χ3n) is 7.08. The molecule has 186 valence electrons. The summed E-state index contributed by atoms with van der Waals surface area (Å²) in [6.45, 7) is 2.54. The number of allylic oxidation sites excluding steroid dienone is 2. The van der Waals surface area contributed by atoms with Crippen molar-refractivity contribution in [2.75, 3.05) is 6.61 Å². The molecule has 1 saturated carbocycles. The second-order valence-electron chi connectivity index (χ2n) is 9.44. The first-order valence-corrected chi connectivity index (χ1v) is 12.3. The van der Waals surface area contributed by atoms with Crippen LogP contribution >= 0.6 is 0 Å². The SMILES string of the molecule is C/C=C/C1CCC(c2ccc(-c3ccc(OC(=O)c4ccc(C5CO5)cc4F)cc3)c(F)c2F)CC1. The molecule has 2 fully saturated rings. The summed E-state index contributed by atoms with van der Waals surface area (Å²) >= 11 is 0. The molecule has 0 spiro atoms. The summed E-state index contributed by atoms with van der Waals surface area (Å²) in [6, 6.07) is 13.6. The lowest BCUT2D eigenvalue weighted by Crippen LogP contribution is -2.13. The van der Waals surface area contributed by atoms with Gasteiger partial charge in [-0.3, -0.25) is 0 Å². The molecule has 0 amide bonds. The molecule has 1 atom stereocenters. The predicted molar refractivity (Wildman–Crippen MR) is 131 cm³/mol. The van der Waals surface area contributed by atoms with Gasteiger partial charge in [-0.2, -0.15) is 0 Å². The maximum atomic E-state index is 15.0. The van der Waals surface area contributed by atoms with E-state index in [0.717, 1.165) is 25.7 Å². The number of benzene rings is 3. The number of carbonyl (C=O) groups is 1. The van der Waals surface area contributed by atoms with Gasteiger partial charge in [0, 0.05) is 5.56 Å². The van der Waals surface area contributed by atoms with Crippen molar-refractivity contribution in [3.8, 4) is 16.9 Å². The second kappa shape index (κ2) is 10.3. The van der Waals surface area contributed by atoms with Crippen molar-refractivity contribution in [3.63, 3.8) is 0 Å². The highest BCUT2D eigenvalue weighted by molar-refractivity contribution is 5.91. The van der Waals surface area contributed by atoms with E-state index >= 15 is 8.78 Å². The third-order valence-corrected chi connectivity index (χ3v) is 7.08. The first kappa shape index (κ1) is 24.3. The molecule has 2 aliphatic rings. The van der Waals surface area contributed by atoms with Crippen molar-refractivity contribution in [1.29, 1.82) is 0 Å². The van der Waals surface area contributed by atoms with E-state index in [1.165, 1.54) is 24.3 Å². The predicted octanol–water partition coefficient (Wildman–Crippen LogP) is 7.91. The van der Waals surface area contributed by atoms with Crippen LogP contribution in [0.15, 0.2) is 66.7 Å². The number of carbonyl (C=O) groups excluding carboxylic acids is 1. The molecule has 0 radical (unpaired) electrons. The van der Waals surface area contributed by atoms with Gasteiger partial charge >= 0.3 is 5.97 Å². The van der Waals surface area contributed by atoms with Gasteiger partial charge in [-0.05, 0) is 85.4 Å². The molecule has 0 N–H and O–H groups in total.